The highest BCUT2D eigenvalue weighted by atomic mass is 16.3. The lowest BCUT2D eigenvalue weighted by Crippen LogP contribution is -2.10. The van der Waals surface area contributed by atoms with Crippen molar-refractivity contribution in [3.63, 3.8) is 0 Å². The second-order valence-electron chi connectivity index (χ2n) is 15.3. The predicted molar refractivity (Wildman–Crippen MR) is 242 cm³/mol. The topological polar surface area (TPSA) is 21.3 Å². The molecule has 1 aliphatic rings. The number of para-hydroxylation sites is 4. The van der Waals surface area contributed by atoms with Crippen LogP contribution in [0, 0.1) is 0 Å². The van der Waals surface area contributed by atoms with Crippen molar-refractivity contribution in [2.45, 2.75) is 6.42 Å². The Morgan fingerprint density at radius 3 is 1.81 bits per heavy atom. The zero-order valence-electron chi connectivity index (χ0n) is 31.6. The van der Waals surface area contributed by atoms with Crippen molar-refractivity contribution in [1.82, 2.24) is 4.57 Å². The number of benzene rings is 9. The van der Waals surface area contributed by atoms with E-state index in [1.54, 1.807) is 0 Å². The molecule has 0 saturated carbocycles. The third-order valence-electron chi connectivity index (χ3n) is 12.0. The summed E-state index contributed by atoms with van der Waals surface area (Å²) in [6, 6.07) is 74.6. The molecule has 3 nitrogen and oxygen atoms in total. The standard InChI is InChI=1S/C55H36N2O/c1-2-12-42(13-3-1)57-51-18-8-6-15-46(51)47-32-27-39(35-53(47)57)37-25-30-44(31-26-37)56(52-19-10-17-49-48-16-7-9-20-54(48)58-55(49)52)43-28-23-36(24-29-43)38-21-22-41-33-40-11-4-5-14-45(40)50(41)34-38/h1-32,34-35H,33H2. The molecule has 272 valence electrons. The molecule has 0 saturated heterocycles. The Kier molecular flexibility index (Phi) is 7.29. The highest BCUT2D eigenvalue weighted by Crippen LogP contribution is 2.44. The van der Waals surface area contributed by atoms with E-state index in [0.717, 1.165) is 56.7 Å². The number of fused-ring (bicyclic) bond motifs is 9. The van der Waals surface area contributed by atoms with Gasteiger partial charge in [-0.05, 0) is 118 Å². The molecule has 2 aromatic heterocycles. The summed E-state index contributed by atoms with van der Waals surface area (Å²) in [5, 5.41) is 4.72. The lowest BCUT2D eigenvalue weighted by Gasteiger charge is -2.26. The van der Waals surface area contributed by atoms with Crippen molar-refractivity contribution in [2.24, 2.45) is 0 Å². The van der Waals surface area contributed by atoms with Gasteiger partial charge in [-0.2, -0.15) is 0 Å². The average molecular weight is 741 g/mol. The number of anilines is 3. The first-order valence-corrected chi connectivity index (χ1v) is 20.0. The van der Waals surface area contributed by atoms with Crippen molar-refractivity contribution in [2.75, 3.05) is 4.90 Å². The molecule has 9 aromatic carbocycles. The molecule has 11 aromatic rings. The maximum absolute atomic E-state index is 6.63. The molecule has 1 aliphatic carbocycles. The minimum absolute atomic E-state index is 0.869. The van der Waals surface area contributed by atoms with Gasteiger partial charge in [0.1, 0.15) is 5.58 Å². The van der Waals surface area contributed by atoms with E-state index in [-0.39, 0.29) is 0 Å². The van der Waals surface area contributed by atoms with Gasteiger partial charge in [-0.25, -0.2) is 0 Å². The van der Waals surface area contributed by atoms with E-state index < -0.39 is 0 Å². The molecule has 0 N–H and O–H groups in total. The molecule has 3 heteroatoms. The van der Waals surface area contributed by atoms with Crippen molar-refractivity contribution in [1.29, 1.82) is 0 Å². The molecule has 0 bridgehead atoms. The lowest BCUT2D eigenvalue weighted by molar-refractivity contribution is 0.669. The van der Waals surface area contributed by atoms with Crippen LogP contribution in [0.1, 0.15) is 11.1 Å². The quantitative estimate of drug-likeness (QED) is 0.169. The highest BCUT2D eigenvalue weighted by Gasteiger charge is 2.21. The zero-order chi connectivity index (χ0) is 38.2. The molecule has 0 atom stereocenters. The number of furan rings is 1. The maximum atomic E-state index is 6.63. The number of hydrogen-bond acceptors (Lipinski definition) is 2. The summed E-state index contributed by atoms with van der Waals surface area (Å²) in [6.07, 6.45) is 0.999. The van der Waals surface area contributed by atoms with Gasteiger partial charge in [-0.3, -0.25) is 0 Å². The molecule has 0 amide bonds. The van der Waals surface area contributed by atoms with Crippen molar-refractivity contribution < 1.29 is 4.42 Å². The first kappa shape index (κ1) is 32.6. The number of rotatable bonds is 6. The van der Waals surface area contributed by atoms with Crippen LogP contribution in [0.3, 0.4) is 0 Å². The van der Waals surface area contributed by atoms with Crippen LogP contribution >= 0.6 is 0 Å². The Morgan fingerprint density at radius 1 is 0.397 bits per heavy atom. The Morgan fingerprint density at radius 2 is 1.00 bits per heavy atom. The minimum atomic E-state index is 0.869. The molecule has 12 rings (SSSR count). The largest absolute Gasteiger partial charge is 0.454 e. The Labute approximate surface area is 336 Å². The summed E-state index contributed by atoms with van der Waals surface area (Å²) >= 11 is 0. The number of aromatic nitrogens is 1. The summed E-state index contributed by atoms with van der Waals surface area (Å²) in [5.74, 6) is 0. The summed E-state index contributed by atoms with van der Waals surface area (Å²) in [4.78, 5) is 2.33. The monoisotopic (exact) mass is 740 g/mol. The third-order valence-corrected chi connectivity index (χ3v) is 12.0. The first-order chi connectivity index (χ1) is 28.7. The number of nitrogens with zero attached hydrogens (tertiary/aromatic N) is 2. The predicted octanol–water partition coefficient (Wildman–Crippen LogP) is 15.1. The van der Waals surface area contributed by atoms with Crippen LogP contribution in [0.5, 0.6) is 0 Å². The third kappa shape index (κ3) is 5.14. The van der Waals surface area contributed by atoms with E-state index in [1.165, 1.54) is 60.8 Å². The van der Waals surface area contributed by atoms with E-state index in [2.05, 4.69) is 210 Å². The Balaban J connectivity index is 0.965. The van der Waals surface area contributed by atoms with Gasteiger partial charge in [0.2, 0.25) is 0 Å². The van der Waals surface area contributed by atoms with Gasteiger partial charge in [-0.1, -0.05) is 140 Å². The fourth-order valence-corrected chi connectivity index (χ4v) is 9.25. The van der Waals surface area contributed by atoms with E-state index in [9.17, 15) is 0 Å². The van der Waals surface area contributed by atoms with Crippen LogP contribution in [0.25, 0.3) is 82.8 Å². The van der Waals surface area contributed by atoms with Crippen LogP contribution in [-0.4, -0.2) is 4.57 Å². The van der Waals surface area contributed by atoms with Crippen molar-refractivity contribution in [3.05, 3.63) is 217 Å². The molecule has 0 spiro atoms. The second-order valence-corrected chi connectivity index (χ2v) is 15.3. The Hall–Kier alpha value is -7.62. The second kappa shape index (κ2) is 13.0. The van der Waals surface area contributed by atoms with Gasteiger partial charge in [-0.15, -0.1) is 0 Å². The van der Waals surface area contributed by atoms with Crippen molar-refractivity contribution in [3.8, 4) is 39.1 Å². The maximum Gasteiger partial charge on any atom is 0.159 e. The van der Waals surface area contributed by atoms with E-state index in [1.807, 2.05) is 6.07 Å². The minimum Gasteiger partial charge on any atom is -0.454 e. The molecule has 58 heavy (non-hydrogen) atoms. The summed E-state index contributed by atoms with van der Waals surface area (Å²) in [7, 11) is 0. The van der Waals surface area contributed by atoms with E-state index in [4.69, 9.17) is 4.42 Å². The molecule has 0 fully saturated rings. The lowest BCUT2D eigenvalue weighted by atomic mass is 9.98. The molecular weight excluding hydrogens is 705 g/mol. The SMILES string of the molecule is c1ccc(-n2c3ccccc3c3ccc(-c4ccc(N(c5ccc(-c6ccc7c(c6)-c6ccccc6C7)cc5)c5cccc6c5oc5ccccc56)cc4)cc32)cc1. The zero-order valence-corrected chi connectivity index (χ0v) is 31.6. The van der Waals surface area contributed by atoms with Gasteiger partial charge in [0.15, 0.2) is 5.58 Å². The van der Waals surface area contributed by atoms with Gasteiger partial charge < -0.3 is 13.9 Å². The van der Waals surface area contributed by atoms with Crippen LogP contribution in [-0.2, 0) is 6.42 Å². The fraction of sp³-hybridized carbons (Fsp3) is 0.0182. The fourth-order valence-electron chi connectivity index (χ4n) is 9.25. The van der Waals surface area contributed by atoms with Crippen LogP contribution in [0.15, 0.2) is 211 Å². The summed E-state index contributed by atoms with van der Waals surface area (Å²) in [6.45, 7) is 0. The normalized spacial score (nSPS) is 12.1. The van der Waals surface area contributed by atoms with Gasteiger partial charge in [0.25, 0.3) is 0 Å². The van der Waals surface area contributed by atoms with Gasteiger partial charge >= 0.3 is 0 Å². The van der Waals surface area contributed by atoms with Crippen LogP contribution < -0.4 is 4.90 Å². The summed E-state index contributed by atoms with van der Waals surface area (Å²) < 4.78 is 9.01. The number of hydrogen-bond donors (Lipinski definition) is 0. The highest BCUT2D eigenvalue weighted by molar-refractivity contribution is 6.11. The van der Waals surface area contributed by atoms with E-state index in [0.29, 0.717) is 0 Å². The van der Waals surface area contributed by atoms with Gasteiger partial charge in [0.05, 0.1) is 16.7 Å². The Bertz CT molecular complexity index is 3350. The van der Waals surface area contributed by atoms with Crippen LogP contribution in [0.4, 0.5) is 17.1 Å². The van der Waals surface area contributed by atoms with Crippen molar-refractivity contribution >= 4 is 60.8 Å². The molecular formula is C55H36N2O. The summed E-state index contributed by atoms with van der Waals surface area (Å²) in [5.41, 5.74) is 18.7. The first-order valence-electron chi connectivity index (χ1n) is 20.0. The molecule has 0 aliphatic heterocycles. The molecule has 2 heterocycles. The molecule has 0 radical (unpaired) electrons. The van der Waals surface area contributed by atoms with Crippen LogP contribution in [0.2, 0.25) is 0 Å². The average Bonchev–Trinajstić information content (AvgIpc) is 3.97. The molecule has 0 unspecified atom stereocenters. The van der Waals surface area contributed by atoms with E-state index >= 15 is 0 Å². The van der Waals surface area contributed by atoms with Gasteiger partial charge in [0, 0.05) is 38.6 Å². The smallest absolute Gasteiger partial charge is 0.159 e.